The Labute approximate surface area is 103 Å². The monoisotopic (exact) mass is 245 g/mol. The Hall–Kier alpha value is -1.10. The van der Waals surface area contributed by atoms with Crippen LogP contribution in [-0.2, 0) is 19.1 Å². The van der Waals surface area contributed by atoms with Crippen molar-refractivity contribution in [3.05, 3.63) is 0 Å². The molecule has 0 aromatic heterocycles. The molecule has 0 aliphatic rings. The Morgan fingerprint density at radius 3 is 2.41 bits per heavy atom. The van der Waals surface area contributed by atoms with E-state index in [1.54, 1.807) is 6.92 Å². The van der Waals surface area contributed by atoms with E-state index in [0.717, 1.165) is 0 Å². The molecule has 0 aliphatic heterocycles. The second kappa shape index (κ2) is 8.98. The Kier molecular flexibility index (Phi) is 8.40. The summed E-state index contributed by atoms with van der Waals surface area (Å²) in [7, 11) is 1.36. The molecule has 0 amide bonds. The van der Waals surface area contributed by atoms with Crippen molar-refractivity contribution in [3.63, 3.8) is 0 Å². The van der Waals surface area contributed by atoms with Gasteiger partial charge in [0, 0.05) is 6.54 Å². The first kappa shape index (κ1) is 15.9. The second-order valence-electron chi connectivity index (χ2n) is 4.21. The maximum atomic E-state index is 11.4. The molecule has 5 heteroatoms. The number of methoxy groups -OCH3 is 1. The summed E-state index contributed by atoms with van der Waals surface area (Å²) in [6.07, 6.45) is 0.953. The molecule has 0 bridgehead atoms. The fourth-order valence-corrected chi connectivity index (χ4v) is 1.46. The molecule has 0 fully saturated rings. The van der Waals surface area contributed by atoms with Gasteiger partial charge in [0.1, 0.15) is 6.04 Å². The van der Waals surface area contributed by atoms with E-state index in [9.17, 15) is 9.59 Å². The third-order valence-electron chi connectivity index (χ3n) is 2.22. The molecular formula is C12H23NO4. The van der Waals surface area contributed by atoms with Crippen LogP contribution < -0.4 is 5.32 Å². The van der Waals surface area contributed by atoms with Gasteiger partial charge in [-0.3, -0.25) is 9.59 Å². The summed E-state index contributed by atoms with van der Waals surface area (Å²) in [5.41, 5.74) is 0. The van der Waals surface area contributed by atoms with Crippen LogP contribution in [0, 0.1) is 5.92 Å². The smallest absolute Gasteiger partial charge is 0.322 e. The molecule has 0 aromatic carbocycles. The van der Waals surface area contributed by atoms with Crippen LogP contribution >= 0.6 is 0 Å². The van der Waals surface area contributed by atoms with Crippen LogP contribution in [0.3, 0.4) is 0 Å². The minimum Gasteiger partial charge on any atom is -0.468 e. The molecule has 1 atom stereocenters. The standard InChI is InChI=1S/C12H23NO4/c1-5-17-11(14)6-7-13-10(8-9(2)3)12(15)16-4/h9-10,13H,5-8H2,1-4H3. The molecule has 1 unspecified atom stereocenters. The predicted molar refractivity (Wildman–Crippen MR) is 64.5 cm³/mol. The van der Waals surface area contributed by atoms with E-state index in [1.807, 2.05) is 13.8 Å². The van der Waals surface area contributed by atoms with Gasteiger partial charge in [-0.25, -0.2) is 0 Å². The molecule has 17 heavy (non-hydrogen) atoms. The van der Waals surface area contributed by atoms with Gasteiger partial charge < -0.3 is 14.8 Å². The van der Waals surface area contributed by atoms with Crippen LogP contribution in [-0.4, -0.2) is 38.2 Å². The van der Waals surface area contributed by atoms with Gasteiger partial charge in [-0.1, -0.05) is 13.8 Å². The summed E-state index contributed by atoms with van der Waals surface area (Å²) >= 11 is 0. The van der Waals surface area contributed by atoms with Crippen LogP contribution in [0.1, 0.15) is 33.6 Å². The zero-order valence-electron chi connectivity index (χ0n) is 11.1. The van der Waals surface area contributed by atoms with Crippen LogP contribution in [0.15, 0.2) is 0 Å². The predicted octanol–water partition coefficient (Wildman–Crippen LogP) is 1.12. The lowest BCUT2D eigenvalue weighted by Crippen LogP contribution is -2.39. The number of carbonyl (C=O) groups excluding carboxylic acids is 2. The summed E-state index contributed by atoms with van der Waals surface area (Å²) < 4.78 is 9.50. The first-order chi connectivity index (χ1) is 8.01. The van der Waals surface area contributed by atoms with Crippen molar-refractivity contribution in [1.29, 1.82) is 0 Å². The molecule has 0 rings (SSSR count). The van der Waals surface area contributed by atoms with Crippen molar-refractivity contribution in [3.8, 4) is 0 Å². The average Bonchev–Trinajstić information content (AvgIpc) is 2.26. The summed E-state index contributed by atoms with van der Waals surface area (Å²) in [5.74, 6) is -0.162. The van der Waals surface area contributed by atoms with E-state index >= 15 is 0 Å². The van der Waals surface area contributed by atoms with Crippen molar-refractivity contribution in [2.24, 2.45) is 5.92 Å². The largest absolute Gasteiger partial charge is 0.468 e. The molecule has 0 aromatic rings. The highest BCUT2D eigenvalue weighted by Gasteiger charge is 2.19. The van der Waals surface area contributed by atoms with Gasteiger partial charge in [-0.15, -0.1) is 0 Å². The van der Waals surface area contributed by atoms with Crippen LogP contribution in [0.2, 0.25) is 0 Å². The van der Waals surface area contributed by atoms with Crippen molar-refractivity contribution < 1.29 is 19.1 Å². The minimum absolute atomic E-state index is 0.256. The quantitative estimate of drug-likeness (QED) is 0.649. The highest BCUT2D eigenvalue weighted by molar-refractivity contribution is 5.75. The maximum Gasteiger partial charge on any atom is 0.322 e. The third kappa shape index (κ3) is 7.74. The van der Waals surface area contributed by atoms with E-state index in [0.29, 0.717) is 25.5 Å². The van der Waals surface area contributed by atoms with Crippen molar-refractivity contribution in [2.75, 3.05) is 20.3 Å². The van der Waals surface area contributed by atoms with Gasteiger partial charge in [0.15, 0.2) is 0 Å². The maximum absolute atomic E-state index is 11.4. The van der Waals surface area contributed by atoms with E-state index < -0.39 is 0 Å². The Balaban J connectivity index is 3.99. The first-order valence-electron chi connectivity index (χ1n) is 5.98. The zero-order valence-corrected chi connectivity index (χ0v) is 11.1. The van der Waals surface area contributed by atoms with Gasteiger partial charge in [-0.2, -0.15) is 0 Å². The Morgan fingerprint density at radius 1 is 1.29 bits per heavy atom. The zero-order chi connectivity index (χ0) is 13.3. The SMILES string of the molecule is CCOC(=O)CCNC(CC(C)C)C(=O)OC. The van der Waals surface area contributed by atoms with Crippen molar-refractivity contribution in [2.45, 2.75) is 39.7 Å². The molecule has 0 spiro atoms. The molecule has 0 saturated heterocycles. The Bertz CT molecular complexity index is 241. The summed E-state index contributed by atoms with van der Waals surface area (Å²) in [6.45, 7) is 6.63. The van der Waals surface area contributed by atoms with Crippen LogP contribution in [0.4, 0.5) is 0 Å². The lowest BCUT2D eigenvalue weighted by atomic mass is 10.0. The van der Waals surface area contributed by atoms with E-state index in [-0.39, 0.29) is 24.4 Å². The first-order valence-corrected chi connectivity index (χ1v) is 5.98. The molecule has 0 radical (unpaired) electrons. The molecule has 0 saturated carbocycles. The number of hydrogen-bond donors (Lipinski definition) is 1. The second-order valence-corrected chi connectivity index (χ2v) is 4.21. The number of esters is 2. The normalized spacial score (nSPS) is 12.3. The fourth-order valence-electron chi connectivity index (χ4n) is 1.46. The number of hydrogen-bond acceptors (Lipinski definition) is 5. The molecule has 0 aliphatic carbocycles. The molecule has 5 nitrogen and oxygen atoms in total. The average molecular weight is 245 g/mol. The van der Waals surface area contributed by atoms with Gasteiger partial charge in [0.05, 0.1) is 20.1 Å². The molecule has 0 heterocycles. The van der Waals surface area contributed by atoms with Crippen molar-refractivity contribution in [1.82, 2.24) is 5.32 Å². The fraction of sp³-hybridized carbons (Fsp3) is 0.833. The highest BCUT2D eigenvalue weighted by Crippen LogP contribution is 2.06. The molecule has 1 N–H and O–H groups in total. The number of rotatable bonds is 8. The lowest BCUT2D eigenvalue weighted by molar-refractivity contribution is -0.145. The summed E-state index contributed by atoms with van der Waals surface area (Å²) in [4.78, 5) is 22.6. The number of nitrogens with one attached hydrogen (secondary N) is 1. The van der Waals surface area contributed by atoms with E-state index in [1.165, 1.54) is 7.11 Å². The van der Waals surface area contributed by atoms with Crippen LogP contribution in [0.25, 0.3) is 0 Å². The topological polar surface area (TPSA) is 64.6 Å². The third-order valence-corrected chi connectivity index (χ3v) is 2.22. The number of carbonyl (C=O) groups is 2. The summed E-state index contributed by atoms with van der Waals surface area (Å²) in [6, 6.07) is -0.352. The molecule has 100 valence electrons. The van der Waals surface area contributed by atoms with Gasteiger partial charge in [0.2, 0.25) is 0 Å². The lowest BCUT2D eigenvalue weighted by Gasteiger charge is -2.17. The van der Waals surface area contributed by atoms with E-state index in [2.05, 4.69) is 5.32 Å². The van der Waals surface area contributed by atoms with Gasteiger partial charge >= 0.3 is 11.9 Å². The van der Waals surface area contributed by atoms with Crippen LogP contribution in [0.5, 0.6) is 0 Å². The minimum atomic E-state index is -0.352. The van der Waals surface area contributed by atoms with Crippen molar-refractivity contribution >= 4 is 11.9 Å². The number of ether oxygens (including phenoxy) is 2. The summed E-state index contributed by atoms with van der Waals surface area (Å²) in [5, 5.41) is 3.02. The van der Waals surface area contributed by atoms with Gasteiger partial charge in [-0.05, 0) is 19.3 Å². The van der Waals surface area contributed by atoms with Gasteiger partial charge in [0.25, 0.3) is 0 Å². The van der Waals surface area contributed by atoms with E-state index in [4.69, 9.17) is 9.47 Å². The highest BCUT2D eigenvalue weighted by atomic mass is 16.5. The Morgan fingerprint density at radius 2 is 1.94 bits per heavy atom. The molecular weight excluding hydrogens is 222 g/mol.